The van der Waals surface area contributed by atoms with Gasteiger partial charge in [-0.05, 0) is 25.0 Å². The lowest BCUT2D eigenvalue weighted by Crippen LogP contribution is -2.20. The molecule has 0 aromatic heterocycles. The molecule has 1 N–H and O–H groups in total. The Morgan fingerprint density at radius 1 is 1.27 bits per heavy atom. The smallest absolute Gasteiger partial charge is 0.0690 e. The van der Waals surface area contributed by atoms with Crippen LogP contribution in [0, 0.1) is 0 Å². The second-order valence-electron chi connectivity index (χ2n) is 4.45. The first-order valence-corrected chi connectivity index (χ1v) is 6.32. The van der Waals surface area contributed by atoms with Crippen LogP contribution >= 0.6 is 0 Å². The molecule has 0 spiro atoms. The summed E-state index contributed by atoms with van der Waals surface area (Å²) in [6, 6.07) is 0. The minimum absolute atomic E-state index is 0.492. The van der Waals surface area contributed by atoms with E-state index >= 15 is 0 Å². The summed E-state index contributed by atoms with van der Waals surface area (Å²) < 4.78 is 5.88. The Labute approximate surface area is 94.1 Å². The third kappa shape index (κ3) is 5.95. The van der Waals surface area contributed by atoms with Crippen LogP contribution in [0.25, 0.3) is 0 Å². The van der Waals surface area contributed by atoms with Crippen LogP contribution in [0.1, 0.15) is 45.4 Å². The van der Waals surface area contributed by atoms with E-state index in [2.05, 4.69) is 18.8 Å². The zero-order valence-corrected chi connectivity index (χ0v) is 10.1. The third-order valence-electron chi connectivity index (χ3n) is 2.95. The molecule has 0 aromatic rings. The van der Waals surface area contributed by atoms with Crippen LogP contribution in [-0.4, -0.2) is 25.8 Å². The highest BCUT2D eigenvalue weighted by Gasteiger charge is 2.12. The summed E-state index contributed by atoms with van der Waals surface area (Å²) in [6.45, 7) is 8.75. The monoisotopic (exact) mass is 211 g/mol. The average Bonchev–Trinajstić information content (AvgIpc) is 2.51. The molecule has 2 heteroatoms. The van der Waals surface area contributed by atoms with E-state index in [-0.39, 0.29) is 0 Å². The summed E-state index contributed by atoms with van der Waals surface area (Å²) in [5.41, 5.74) is 1.17. The zero-order valence-electron chi connectivity index (χ0n) is 10.1. The second-order valence-corrected chi connectivity index (χ2v) is 4.45. The Morgan fingerprint density at radius 3 is 2.53 bits per heavy atom. The Morgan fingerprint density at radius 2 is 1.93 bits per heavy atom. The van der Waals surface area contributed by atoms with Crippen molar-refractivity contribution < 1.29 is 4.74 Å². The molecule has 0 radical (unpaired) electrons. The largest absolute Gasteiger partial charge is 0.374 e. The number of nitrogens with one attached hydrogen (secondary N) is 1. The van der Waals surface area contributed by atoms with E-state index in [9.17, 15) is 0 Å². The second kappa shape index (κ2) is 7.89. The first-order chi connectivity index (χ1) is 7.33. The zero-order chi connectivity index (χ0) is 10.9. The maximum Gasteiger partial charge on any atom is 0.0690 e. The van der Waals surface area contributed by atoms with Crippen molar-refractivity contribution in [3.05, 3.63) is 12.2 Å². The summed E-state index contributed by atoms with van der Waals surface area (Å²) in [6.07, 6.45) is 8.43. The Kier molecular flexibility index (Phi) is 6.69. The van der Waals surface area contributed by atoms with Crippen LogP contribution in [0.5, 0.6) is 0 Å². The predicted molar refractivity (Wildman–Crippen MR) is 65.1 cm³/mol. The summed E-state index contributed by atoms with van der Waals surface area (Å²) >= 11 is 0. The lowest BCUT2D eigenvalue weighted by atomic mass is 10.1. The predicted octanol–water partition coefficient (Wildman–Crippen LogP) is 2.89. The highest BCUT2D eigenvalue weighted by atomic mass is 16.5. The molecule has 1 rings (SSSR count). The fraction of sp³-hybridized carbons (Fsp3) is 0.846. The molecular weight excluding hydrogens is 186 g/mol. The van der Waals surface area contributed by atoms with Gasteiger partial charge in [0.05, 0.1) is 12.7 Å². The molecule has 0 aliphatic heterocycles. The van der Waals surface area contributed by atoms with Crippen LogP contribution in [0.2, 0.25) is 0 Å². The van der Waals surface area contributed by atoms with Gasteiger partial charge in [-0.3, -0.25) is 0 Å². The number of hydrogen-bond donors (Lipinski definition) is 1. The van der Waals surface area contributed by atoms with Crippen LogP contribution in [-0.2, 0) is 4.74 Å². The van der Waals surface area contributed by atoms with Gasteiger partial charge in [0.15, 0.2) is 0 Å². The van der Waals surface area contributed by atoms with Crippen molar-refractivity contribution in [1.29, 1.82) is 0 Å². The minimum Gasteiger partial charge on any atom is -0.374 e. The van der Waals surface area contributed by atoms with Gasteiger partial charge in [0, 0.05) is 6.54 Å². The van der Waals surface area contributed by atoms with Crippen LogP contribution in [0.3, 0.4) is 0 Å². The van der Waals surface area contributed by atoms with Gasteiger partial charge in [-0.15, -0.1) is 0 Å². The maximum absolute atomic E-state index is 5.88. The van der Waals surface area contributed by atoms with Crippen molar-refractivity contribution in [2.45, 2.75) is 51.6 Å². The topological polar surface area (TPSA) is 21.3 Å². The minimum atomic E-state index is 0.492. The molecule has 88 valence electrons. The maximum atomic E-state index is 5.88. The molecule has 0 amide bonds. The normalized spacial score (nSPS) is 18.7. The quantitative estimate of drug-likeness (QED) is 0.539. The van der Waals surface area contributed by atoms with Crippen LogP contribution < -0.4 is 5.32 Å². The van der Waals surface area contributed by atoms with Gasteiger partial charge in [-0.25, -0.2) is 0 Å². The van der Waals surface area contributed by atoms with Crippen molar-refractivity contribution in [3.63, 3.8) is 0 Å². The molecule has 1 aliphatic carbocycles. The standard InChI is InChI=1S/C13H25NO/c1-3-14-10-12(2)11-15-13-8-6-4-5-7-9-13/h13-14H,2-11H2,1H3. The van der Waals surface area contributed by atoms with Gasteiger partial charge in [-0.2, -0.15) is 0 Å². The van der Waals surface area contributed by atoms with Crippen molar-refractivity contribution in [2.24, 2.45) is 0 Å². The van der Waals surface area contributed by atoms with Crippen molar-refractivity contribution in [2.75, 3.05) is 19.7 Å². The SMILES string of the molecule is C=C(CNCC)COC1CCCCCC1. The number of hydrogen-bond acceptors (Lipinski definition) is 2. The highest BCUT2D eigenvalue weighted by Crippen LogP contribution is 2.19. The van der Waals surface area contributed by atoms with Gasteiger partial charge in [0.1, 0.15) is 0 Å². The van der Waals surface area contributed by atoms with E-state index in [4.69, 9.17) is 4.74 Å². The van der Waals surface area contributed by atoms with Gasteiger partial charge in [-0.1, -0.05) is 39.2 Å². The molecule has 0 aromatic carbocycles. The molecule has 1 aliphatic rings. The van der Waals surface area contributed by atoms with Gasteiger partial charge in [0.2, 0.25) is 0 Å². The molecule has 0 atom stereocenters. The average molecular weight is 211 g/mol. The highest BCUT2D eigenvalue weighted by molar-refractivity contribution is 4.96. The lowest BCUT2D eigenvalue weighted by molar-refractivity contribution is 0.0582. The van der Waals surface area contributed by atoms with Crippen molar-refractivity contribution in [1.82, 2.24) is 5.32 Å². The molecular formula is C13H25NO. The molecule has 2 nitrogen and oxygen atoms in total. The van der Waals surface area contributed by atoms with E-state index in [1.807, 2.05) is 0 Å². The van der Waals surface area contributed by atoms with Crippen molar-refractivity contribution in [3.8, 4) is 0 Å². The Hall–Kier alpha value is -0.340. The van der Waals surface area contributed by atoms with Crippen molar-refractivity contribution >= 4 is 0 Å². The number of ether oxygens (including phenoxy) is 1. The summed E-state index contributed by atoms with van der Waals surface area (Å²) in [7, 11) is 0. The van der Waals surface area contributed by atoms with Gasteiger partial charge < -0.3 is 10.1 Å². The molecule has 15 heavy (non-hydrogen) atoms. The van der Waals surface area contributed by atoms with E-state index in [0.717, 1.165) is 19.7 Å². The van der Waals surface area contributed by atoms with E-state index < -0.39 is 0 Å². The molecule has 1 saturated carbocycles. The molecule has 0 bridgehead atoms. The van der Waals surface area contributed by atoms with E-state index in [0.29, 0.717) is 6.10 Å². The fourth-order valence-corrected chi connectivity index (χ4v) is 2.00. The molecule has 0 saturated heterocycles. The third-order valence-corrected chi connectivity index (χ3v) is 2.95. The first-order valence-electron chi connectivity index (χ1n) is 6.32. The molecule has 0 unspecified atom stereocenters. The number of likely N-dealkylation sites (N-methyl/N-ethyl adjacent to an activating group) is 1. The molecule has 1 fully saturated rings. The van der Waals surface area contributed by atoms with Crippen LogP contribution in [0.15, 0.2) is 12.2 Å². The van der Waals surface area contributed by atoms with E-state index in [1.165, 1.54) is 44.1 Å². The van der Waals surface area contributed by atoms with Gasteiger partial charge in [0.25, 0.3) is 0 Å². The molecule has 0 heterocycles. The van der Waals surface area contributed by atoms with Gasteiger partial charge >= 0.3 is 0 Å². The summed E-state index contributed by atoms with van der Waals surface area (Å²) in [5.74, 6) is 0. The Balaban J connectivity index is 2.09. The number of rotatable bonds is 6. The Bertz CT molecular complexity index is 171. The lowest BCUT2D eigenvalue weighted by Gasteiger charge is -2.16. The van der Waals surface area contributed by atoms with E-state index in [1.54, 1.807) is 0 Å². The van der Waals surface area contributed by atoms with Crippen LogP contribution in [0.4, 0.5) is 0 Å². The fourth-order valence-electron chi connectivity index (χ4n) is 2.00. The summed E-state index contributed by atoms with van der Waals surface area (Å²) in [4.78, 5) is 0. The first kappa shape index (κ1) is 12.7. The summed E-state index contributed by atoms with van der Waals surface area (Å²) in [5, 5.41) is 3.27.